The van der Waals surface area contributed by atoms with E-state index in [9.17, 15) is 4.79 Å². The van der Waals surface area contributed by atoms with Crippen LogP contribution in [0.3, 0.4) is 0 Å². The van der Waals surface area contributed by atoms with E-state index >= 15 is 0 Å². The largest absolute Gasteiger partial charge is 0.346 e. The van der Waals surface area contributed by atoms with E-state index in [1.165, 1.54) is 25.9 Å². The molecule has 116 valence electrons. The van der Waals surface area contributed by atoms with Gasteiger partial charge in [0.05, 0.1) is 0 Å². The van der Waals surface area contributed by atoms with Crippen LogP contribution in [0.5, 0.6) is 0 Å². The number of rotatable bonds is 3. The van der Waals surface area contributed by atoms with Crippen molar-refractivity contribution in [2.24, 2.45) is 0 Å². The van der Waals surface area contributed by atoms with Crippen molar-refractivity contribution < 1.29 is 4.79 Å². The van der Waals surface area contributed by atoms with Crippen LogP contribution < -0.4 is 0 Å². The topological polar surface area (TPSA) is 52.2 Å². The molecule has 0 aliphatic carbocycles. The maximum absolute atomic E-state index is 12.8. The van der Waals surface area contributed by atoms with E-state index in [2.05, 4.69) is 14.9 Å². The molecule has 1 atom stereocenters. The molecule has 1 unspecified atom stereocenters. The number of amides is 1. The Morgan fingerprint density at radius 1 is 1.18 bits per heavy atom. The van der Waals surface area contributed by atoms with E-state index in [0.29, 0.717) is 11.7 Å². The Morgan fingerprint density at radius 2 is 2.05 bits per heavy atom. The normalized spacial score (nSPS) is 22.7. The van der Waals surface area contributed by atoms with Crippen LogP contribution in [0, 0.1) is 0 Å². The van der Waals surface area contributed by atoms with Crippen molar-refractivity contribution in [3.8, 4) is 0 Å². The highest BCUT2D eigenvalue weighted by Gasteiger charge is 2.31. The number of carbonyl (C=O) groups excluding carboxylic acids is 1. The van der Waals surface area contributed by atoms with Crippen molar-refractivity contribution in [1.29, 1.82) is 0 Å². The number of nitrogens with one attached hydrogen (secondary N) is 1. The SMILES string of the molecule is O=C(c1ccc2cc[nH]c2n1)N1CCCC1CN1CCCC1. The van der Waals surface area contributed by atoms with E-state index < -0.39 is 0 Å². The fraction of sp³-hybridized carbons (Fsp3) is 0.529. The summed E-state index contributed by atoms with van der Waals surface area (Å²) >= 11 is 0. The first kappa shape index (κ1) is 13.8. The second-order valence-electron chi connectivity index (χ2n) is 6.41. The van der Waals surface area contributed by atoms with Crippen molar-refractivity contribution in [2.45, 2.75) is 31.7 Å². The Morgan fingerprint density at radius 3 is 2.91 bits per heavy atom. The van der Waals surface area contributed by atoms with Gasteiger partial charge in [0, 0.05) is 30.7 Å². The maximum Gasteiger partial charge on any atom is 0.272 e. The Labute approximate surface area is 130 Å². The first-order valence-corrected chi connectivity index (χ1v) is 8.29. The van der Waals surface area contributed by atoms with E-state index in [0.717, 1.165) is 37.0 Å². The average molecular weight is 298 g/mol. The van der Waals surface area contributed by atoms with Crippen molar-refractivity contribution >= 4 is 16.9 Å². The molecular formula is C17H22N4O. The molecule has 0 radical (unpaired) electrons. The zero-order valence-corrected chi connectivity index (χ0v) is 12.8. The Balaban J connectivity index is 1.52. The van der Waals surface area contributed by atoms with Crippen LogP contribution in [0.1, 0.15) is 36.2 Å². The van der Waals surface area contributed by atoms with Gasteiger partial charge in [-0.3, -0.25) is 4.79 Å². The highest BCUT2D eigenvalue weighted by atomic mass is 16.2. The molecule has 0 spiro atoms. The first-order valence-electron chi connectivity index (χ1n) is 8.29. The number of carbonyl (C=O) groups is 1. The number of fused-ring (bicyclic) bond motifs is 1. The summed E-state index contributed by atoms with van der Waals surface area (Å²) in [5.74, 6) is 0.0817. The van der Waals surface area contributed by atoms with Crippen LogP contribution >= 0.6 is 0 Å². The maximum atomic E-state index is 12.8. The summed E-state index contributed by atoms with van der Waals surface area (Å²) in [4.78, 5) is 24.9. The fourth-order valence-electron chi connectivity index (χ4n) is 3.75. The summed E-state index contributed by atoms with van der Waals surface area (Å²) < 4.78 is 0. The molecule has 2 fully saturated rings. The highest BCUT2D eigenvalue weighted by molar-refractivity contribution is 5.94. The van der Waals surface area contributed by atoms with Crippen molar-refractivity contribution in [3.63, 3.8) is 0 Å². The van der Waals surface area contributed by atoms with Gasteiger partial charge in [-0.1, -0.05) is 0 Å². The minimum atomic E-state index is 0.0817. The minimum absolute atomic E-state index is 0.0817. The number of pyridine rings is 1. The van der Waals surface area contributed by atoms with Crippen LogP contribution in [0.2, 0.25) is 0 Å². The van der Waals surface area contributed by atoms with E-state index in [-0.39, 0.29) is 5.91 Å². The van der Waals surface area contributed by atoms with Gasteiger partial charge in [-0.05, 0) is 57.0 Å². The summed E-state index contributed by atoms with van der Waals surface area (Å²) in [7, 11) is 0. The van der Waals surface area contributed by atoms with Crippen LogP contribution in [0.4, 0.5) is 0 Å². The molecule has 0 saturated carbocycles. The quantitative estimate of drug-likeness (QED) is 0.945. The van der Waals surface area contributed by atoms with Crippen molar-refractivity contribution in [2.75, 3.05) is 26.2 Å². The molecule has 2 aromatic heterocycles. The molecule has 5 heteroatoms. The van der Waals surface area contributed by atoms with Gasteiger partial charge in [-0.15, -0.1) is 0 Å². The highest BCUT2D eigenvalue weighted by Crippen LogP contribution is 2.22. The first-order chi connectivity index (χ1) is 10.8. The molecule has 2 aliphatic rings. The zero-order valence-electron chi connectivity index (χ0n) is 12.8. The van der Waals surface area contributed by atoms with Gasteiger partial charge in [0.2, 0.25) is 0 Å². The number of hydrogen-bond donors (Lipinski definition) is 1. The van der Waals surface area contributed by atoms with Gasteiger partial charge >= 0.3 is 0 Å². The standard InChI is InChI=1S/C17H22N4O/c22-17(15-6-5-13-7-8-18-16(13)19-15)21-11-3-4-14(21)12-20-9-1-2-10-20/h5-8,14H,1-4,9-12H2,(H,18,19). The van der Waals surface area contributed by atoms with Gasteiger partial charge in [0.25, 0.3) is 5.91 Å². The molecule has 5 nitrogen and oxygen atoms in total. The smallest absolute Gasteiger partial charge is 0.272 e. The summed E-state index contributed by atoms with van der Waals surface area (Å²) in [6.45, 7) is 4.26. The zero-order chi connectivity index (χ0) is 14.9. The van der Waals surface area contributed by atoms with Crippen molar-refractivity contribution in [3.05, 3.63) is 30.1 Å². The fourth-order valence-corrected chi connectivity index (χ4v) is 3.75. The molecule has 1 N–H and O–H groups in total. The molecule has 2 aromatic rings. The number of aromatic amines is 1. The predicted molar refractivity (Wildman–Crippen MR) is 85.8 cm³/mol. The second-order valence-corrected chi connectivity index (χ2v) is 6.41. The van der Waals surface area contributed by atoms with Crippen LogP contribution in [0.15, 0.2) is 24.4 Å². The third-order valence-corrected chi connectivity index (χ3v) is 4.93. The summed E-state index contributed by atoms with van der Waals surface area (Å²) in [5, 5.41) is 1.05. The number of H-pyrrole nitrogens is 1. The van der Waals surface area contributed by atoms with E-state index in [4.69, 9.17) is 0 Å². The summed E-state index contributed by atoms with van der Waals surface area (Å²) in [6.07, 6.45) is 6.68. The second kappa shape index (κ2) is 5.72. The molecule has 0 bridgehead atoms. The predicted octanol–water partition coefficient (Wildman–Crippen LogP) is 2.26. The molecular weight excluding hydrogens is 276 g/mol. The molecule has 4 rings (SSSR count). The molecule has 22 heavy (non-hydrogen) atoms. The number of aromatic nitrogens is 2. The average Bonchev–Trinajstić information content (AvgIpc) is 3.27. The number of hydrogen-bond acceptors (Lipinski definition) is 3. The Bertz CT molecular complexity index is 674. The number of nitrogens with zero attached hydrogens (tertiary/aromatic N) is 3. The van der Waals surface area contributed by atoms with Gasteiger partial charge in [-0.2, -0.15) is 0 Å². The van der Waals surface area contributed by atoms with Gasteiger partial charge in [0.1, 0.15) is 11.3 Å². The lowest BCUT2D eigenvalue weighted by Gasteiger charge is -2.28. The molecule has 4 heterocycles. The van der Waals surface area contributed by atoms with Crippen molar-refractivity contribution in [1.82, 2.24) is 19.8 Å². The van der Waals surface area contributed by atoms with Gasteiger partial charge in [0.15, 0.2) is 0 Å². The molecule has 2 saturated heterocycles. The lowest BCUT2D eigenvalue weighted by molar-refractivity contribution is 0.0703. The number of likely N-dealkylation sites (tertiary alicyclic amines) is 2. The lowest BCUT2D eigenvalue weighted by atomic mass is 10.2. The summed E-state index contributed by atoms with van der Waals surface area (Å²) in [5.41, 5.74) is 1.35. The van der Waals surface area contributed by atoms with Crippen LogP contribution in [-0.2, 0) is 0 Å². The monoisotopic (exact) mass is 298 g/mol. The van der Waals surface area contributed by atoms with Gasteiger partial charge < -0.3 is 14.8 Å². The van der Waals surface area contributed by atoms with Crippen LogP contribution in [-0.4, -0.2) is 57.9 Å². The minimum Gasteiger partial charge on any atom is -0.346 e. The Hall–Kier alpha value is -1.88. The Kier molecular flexibility index (Phi) is 3.58. The molecule has 0 aromatic carbocycles. The summed E-state index contributed by atoms with van der Waals surface area (Å²) in [6, 6.07) is 6.15. The van der Waals surface area contributed by atoms with Gasteiger partial charge in [-0.25, -0.2) is 4.98 Å². The third kappa shape index (κ3) is 2.50. The lowest BCUT2D eigenvalue weighted by Crippen LogP contribution is -2.42. The molecule has 1 amide bonds. The van der Waals surface area contributed by atoms with Crippen LogP contribution in [0.25, 0.3) is 11.0 Å². The third-order valence-electron chi connectivity index (χ3n) is 4.93. The van der Waals surface area contributed by atoms with E-state index in [1.54, 1.807) is 0 Å². The van der Waals surface area contributed by atoms with E-state index in [1.807, 2.05) is 29.3 Å². The molecule has 2 aliphatic heterocycles.